The van der Waals surface area contributed by atoms with E-state index in [1.54, 1.807) is 5.56 Å². The maximum Gasteiger partial charge on any atom is 0.0141 e. The molecule has 0 amide bonds. The summed E-state index contributed by atoms with van der Waals surface area (Å²) in [4.78, 5) is 1.52. The molecule has 1 aliphatic heterocycles. The normalized spacial score (nSPS) is 24.7. The number of nitrogens with one attached hydrogen (secondary N) is 1. The van der Waals surface area contributed by atoms with Crippen LogP contribution < -0.4 is 5.32 Å². The Hall–Kier alpha value is -0.470. The summed E-state index contributed by atoms with van der Waals surface area (Å²) in [5.41, 5.74) is 2.25. The first-order chi connectivity index (χ1) is 9.86. The Morgan fingerprint density at radius 2 is 1.86 bits per heavy atom. The summed E-state index contributed by atoms with van der Waals surface area (Å²) in [5, 5.41) is 4.54. The Balaban J connectivity index is 1.64. The van der Waals surface area contributed by atoms with E-state index < -0.39 is 0 Å². The minimum Gasteiger partial charge on any atom is -0.312 e. The zero-order chi connectivity index (χ0) is 15.1. The van der Waals surface area contributed by atoms with Crippen LogP contribution in [0, 0.1) is 11.3 Å². The smallest absolute Gasteiger partial charge is 0.0141 e. The largest absolute Gasteiger partial charge is 0.312 e. The molecule has 0 aromatic heterocycles. The number of fused-ring (bicyclic) bond motifs is 1. The van der Waals surface area contributed by atoms with Crippen LogP contribution in [0.2, 0.25) is 0 Å². The van der Waals surface area contributed by atoms with Crippen molar-refractivity contribution in [1.29, 1.82) is 0 Å². The number of hydrogen-bond donors (Lipinski definition) is 1. The van der Waals surface area contributed by atoms with Crippen molar-refractivity contribution in [3.8, 4) is 0 Å². The second-order valence-electron chi connectivity index (χ2n) is 8.29. The van der Waals surface area contributed by atoms with Gasteiger partial charge in [0.2, 0.25) is 0 Å². The SMILES string of the molecule is CC(C)(C)NCC(C)(CC1Cc2ccccc2S1)C1CC1. The van der Waals surface area contributed by atoms with Gasteiger partial charge < -0.3 is 5.32 Å². The van der Waals surface area contributed by atoms with Gasteiger partial charge in [0.05, 0.1) is 0 Å². The van der Waals surface area contributed by atoms with Crippen molar-refractivity contribution in [3.05, 3.63) is 29.8 Å². The van der Waals surface area contributed by atoms with E-state index in [-0.39, 0.29) is 5.54 Å². The topological polar surface area (TPSA) is 12.0 Å². The molecule has 0 spiro atoms. The van der Waals surface area contributed by atoms with Gasteiger partial charge in [0, 0.05) is 22.2 Å². The second kappa shape index (κ2) is 5.62. The quantitative estimate of drug-likeness (QED) is 0.830. The summed E-state index contributed by atoms with van der Waals surface area (Å²) in [7, 11) is 0. The first-order valence-electron chi connectivity index (χ1n) is 8.35. The van der Waals surface area contributed by atoms with E-state index in [1.807, 2.05) is 0 Å². The molecular weight excluding hydrogens is 274 g/mol. The minimum atomic E-state index is 0.224. The molecule has 1 saturated carbocycles. The van der Waals surface area contributed by atoms with Crippen molar-refractivity contribution in [2.24, 2.45) is 11.3 Å². The zero-order valence-corrected chi connectivity index (χ0v) is 14.7. The van der Waals surface area contributed by atoms with Crippen LogP contribution in [0.5, 0.6) is 0 Å². The molecule has 1 aromatic carbocycles. The van der Waals surface area contributed by atoms with E-state index in [9.17, 15) is 0 Å². The van der Waals surface area contributed by atoms with E-state index in [0.717, 1.165) is 17.7 Å². The molecule has 2 aliphatic rings. The molecule has 116 valence electrons. The average Bonchev–Trinajstić information content (AvgIpc) is 3.17. The highest BCUT2D eigenvalue weighted by molar-refractivity contribution is 8.00. The van der Waals surface area contributed by atoms with Crippen molar-refractivity contribution in [1.82, 2.24) is 5.32 Å². The maximum absolute atomic E-state index is 3.77. The summed E-state index contributed by atoms with van der Waals surface area (Å²) in [6, 6.07) is 8.96. The average molecular weight is 304 g/mol. The monoisotopic (exact) mass is 303 g/mol. The molecule has 1 heterocycles. The number of benzene rings is 1. The first kappa shape index (κ1) is 15.4. The van der Waals surface area contributed by atoms with E-state index in [1.165, 1.54) is 30.6 Å². The van der Waals surface area contributed by atoms with Gasteiger partial charge in [-0.05, 0) is 69.4 Å². The Bertz CT molecular complexity index is 476. The van der Waals surface area contributed by atoms with Gasteiger partial charge >= 0.3 is 0 Å². The lowest BCUT2D eigenvalue weighted by molar-refractivity contribution is 0.211. The van der Waals surface area contributed by atoms with Gasteiger partial charge in [0.1, 0.15) is 0 Å². The minimum absolute atomic E-state index is 0.224. The molecule has 0 bridgehead atoms. The number of rotatable bonds is 5. The van der Waals surface area contributed by atoms with Crippen molar-refractivity contribution in [2.45, 2.75) is 69.1 Å². The summed E-state index contributed by atoms with van der Waals surface area (Å²) in [5.74, 6) is 0.941. The molecule has 3 rings (SSSR count). The maximum atomic E-state index is 3.77. The van der Waals surface area contributed by atoms with Gasteiger partial charge in [0.25, 0.3) is 0 Å². The fraction of sp³-hybridized carbons (Fsp3) is 0.684. The fourth-order valence-corrected chi connectivity index (χ4v) is 5.06. The van der Waals surface area contributed by atoms with Crippen LogP contribution in [0.4, 0.5) is 0 Å². The van der Waals surface area contributed by atoms with Crippen molar-refractivity contribution in [3.63, 3.8) is 0 Å². The standard InChI is InChI=1S/C19H29NS/c1-18(2,3)20-13-19(4,15-9-10-15)12-16-11-14-7-5-6-8-17(14)21-16/h5-8,15-16,20H,9-13H2,1-4H3. The highest BCUT2D eigenvalue weighted by Gasteiger charge is 2.43. The highest BCUT2D eigenvalue weighted by atomic mass is 32.2. The van der Waals surface area contributed by atoms with Crippen LogP contribution in [0.3, 0.4) is 0 Å². The molecule has 1 aliphatic carbocycles. The van der Waals surface area contributed by atoms with Crippen LogP contribution in [-0.4, -0.2) is 17.3 Å². The number of hydrogen-bond acceptors (Lipinski definition) is 2. The van der Waals surface area contributed by atoms with E-state index in [4.69, 9.17) is 0 Å². The second-order valence-corrected chi connectivity index (χ2v) is 9.63. The Morgan fingerprint density at radius 3 is 2.48 bits per heavy atom. The Morgan fingerprint density at radius 1 is 1.14 bits per heavy atom. The molecule has 21 heavy (non-hydrogen) atoms. The van der Waals surface area contributed by atoms with Crippen molar-refractivity contribution < 1.29 is 0 Å². The van der Waals surface area contributed by atoms with E-state index in [0.29, 0.717) is 5.41 Å². The molecule has 1 aromatic rings. The molecule has 1 nitrogen and oxygen atoms in total. The summed E-state index contributed by atoms with van der Waals surface area (Å²) >= 11 is 2.11. The molecule has 2 atom stereocenters. The predicted octanol–water partition coefficient (Wildman–Crippen LogP) is 4.90. The summed E-state index contributed by atoms with van der Waals surface area (Å²) in [6.07, 6.45) is 5.48. The third kappa shape index (κ3) is 3.84. The highest BCUT2D eigenvalue weighted by Crippen LogP contribution is 2.51. The van der Waals surface area contributed by atoms with Crippen molar-refractivity contribution in [2.75, 3.05) is 6.54 Å². The number of thioether (sulfide) groups is 1. The van der Waals surface area contributed by atoms with Crippen LogP contribution in [-0.2, 0) is 6.42 Å². The van der Waals surface area contributed by atoms with E-state index in [2.05, 4.69) is 69.0 Å². The van der Waals surface area contributed by atoms with Gasteiger partial charge in [-0.3, -0.25) is 0 Å². The molecule has 1 fully saturated rings. The molecule has 0 radical (unpaired) electrons. The van der Waals surface area contributed by atoms with Gasteiger partial charge in [-0.1, -0.05) is 25.1 Å². The lowest BCUT2D eigenvalue weighted by Crippen LogP contribution is -2.44. The third-order valence-corrected chi connectivity index (χ3v) is 6.31. The fourth-order valence-electron chi connectivity index (χ4n) is 3.52. The summed E-state index contributed by atoms with van der Waals surface area (Å²) < 4.78 is 0. The third-order valence-electron chi connectivity index (χ3n) is 4.99. The van der Waals surface area contributed by atoms with E-state index >= 15 is 0 Å². The van der Waals surface area contributed by atoms with Crippen LogP contribution in [0.1, 0.15) is 52.5 Å². The Kier molecular flexibility index (Phi) is 4.13. The lowest BCUT2D eigenvalue weighted by Gasteiger charge is -2.36. The molecule has 2 heteroatoms. The zero-order valence-electron chi connectivity index (χ0n) is 13.9. The van der Waals surface area contributed by atoms with Gasteiger partial charge in [-0.15, -0.1) is 11.8 Å². The molecule has 0 saturated heterocycles. The van der Waals surface area contributed by atoms with Gasteiger partial charge in [-0.25, -0.2) is 0 Å². The Labute approximate surface area is 134 Å². The predicted molar refractivity (Wildman–Crippen MR) is 93.0 cm³/mol. The molecular formula is C19H29NS. The lowest BCUT2D eigenvalue weighted by atomic mass is 9.78. The van der Waals surface area contributed by atoms with Crippen LogP contribution >= 0.6 is 11.8 Å². The first-order valence-corrected chi connectivity index (χ1v) is 9.23. The molecule has 2 unspecified atom stereocenters. The summed E-state index contributed by atoms with van der Waals surface area (Å²) in [6.45, 7) is 10.5. The molecule has 1 N–H and O–H groups in total. The van der Waals surface area contributed by atoms with Gasteiger partial charge in [0.15, 0.2) is 0 Å². The van der Waals surface area contributed by atoms with Crippen molar-refractivity contribution >= 4 is 11.8 Å². The van der Waals surface area contributed by atoms with Crippen LogP contribution in [0.15, 0.2) is 29.2 Å². The van der Waals surface area contributed by atoms with Gasteiger partial charge in [-0.2, -0.15) is 0 Å². The van der Waals surface area contributed by atoms with Crippen LogP contribution in [0.25, 0.3) is 0 Å².